The third-order valence-corrected chi connectivity index (χ3v) is 4.05. The van der Waals surface area contributed by atoms with Gasteiger partial charge in [0.15, 0.2) is 0 Å². The van der Waals surface area contributed by atoms with Gasteiger partial charge in [-0.05, 0) is 38.0 Å². The lowest BCUT2D eigenvalue weighted by Gasteiger charge is -2.08. The molecule has 0 aromatic carbocycles. The van der Waals surface area contributed by atoms with E-state index >= 15 is 0 Å². The molecule has 124 valence electrons. The van der Waals surface area contributed by atoms with Crippen molar-refractivity contribution in [2.75, 3.05) is 0 Å². The molecular weight excluding hydrogens is 260 g/mol. The second-order valence-electron chi connectivity index (χ2n) is 6.35. The molecule has 1 unspecified atom stereocenters. The summed E-state index contributed by atoms with van der Waals surface area (Å²) in [4.78, 5) is 10.4. The van der Waals surface area contributed by atoms with E-state index in [1.54, 1.807) is 0 Å². The van der Waals surface area contributed by atoms with Crippen molar-refractivity contribution in [1.29, 1.82) is 0 Å². The minimum absolute atomic E-state index is 0.322. The zero-order chi connectivity index (χ0) is 15.8. The SMILES string of the molecule is CCCCCCCCC=CCCCC(C)CCCC(=O)O. The third-order valence-electron chi connectivity index (χ3n) is 4.05. The Morgan fingerprint density at radius 3 is 2.14 bits per heavy atom. The molecule has 0 spiro atoms. The van der Waals surface area contributed by atoms with Gasteiger partial charge in [0.1, 0.15) is 0 Å². The predicted octanol–water partition coefficient (Wildman–Crippen LogP) is 6.35. The van der Waals surface area contributed by atoms with Crippen LogP contribution in [0.25, 0.3) is 0 Å². The number of unbranched alkanes of at least 4 members (excludes halogenated alkanes) is 7. The van der Waals surface area contributed by atoms with Gasteiger partial charge < -0.3 is 5.11 Å². The quantitative estimate of drug-likeness (QED) is 0.282. The average Bonchev–Trinajstić information content (AvgIpc) is 2.44. The van der Waals surface area contributed by atoms with Gasteiger partial charge in [-0.3, -0.25) is 4.79 Å². The Balaban J connectivity index is 3.25. The van der Waals surface area contributed by atoms with Crippen molar-refractivity contribution in [3.63, 3.8) is 0 Å². The van der Waals surface area contributed by atoms with Crippen LogP contribution in [-0.4, -0.2) is 11.1 Å². The number of carboxylic acids is 1. The zero-order valence-corrected chi connectivity index (χ0v) is 14.3. The number of carbonyl (C=O) groups is 1. The van der Waals surface area contributed by atoms with Gasteiger partial charge in [0.05, 0.1) is 0 Å². The molecule has 0 heterocycles. The second-order valence-corrected chi connectivity index (χ2v) is 6.35. The minimum Gasteiger partial charge on any atom is -0.481 e. The maximum atomic E-state index is 10.4. The Hall–Kier alpha value is -0.790. The van der Waals surface area contributed by atoms with Crippen LogP contribution in [0, 0.1) is 5.92 Å². The molecule has 1 atom stereocenters. The first-order chi connectivity index (χ1) is 10.2. The van der Waals surface area contributed by atoms with Gasteiger partial charge in [-0.25, -0.2) is 0 Å². The lowest BCUT2D eigenvalue weighted by molar-refractivity contribution is -0.137. The zero-order valence-electron chi connectivity index (χ0n) is 14.3. The second kappa shape index (κ2) is 15.6. The van der Waals surface area contributed by atoms with Crippen LogP contribution in [0.4, 0.5) is 0 Å². The highest BCUT2D eigenvalue weighted by atomic mass is 16.4. The number of hydrogen-bond donors (Lipinski definition) is 1. The summed E-state index contributed by atoms with van der Waals surface area (Å²) < 4.78 is 0. The van der Waals surface area contributed by atoms with Gasteiger partial charge in [-0.15, -0.1) is 0 Å². The molecule has 2 heteroatoms. The van der Waals surface area contributed by atoms with Crippen molar-refractivity contribution in [3.8, 4) is 0 Å². The molecular formula is C19H36O2. The number of aliphatic carboxylic acids is 1. The van der Waals surface area contributed by atoms with Crippen molar-refractivity contribution >= 4 is 5.97 Å². The van der Waals surface area contributed by atoms with E-state index in [0.29, 0.717) is 12.3 Å². The van der Waals surface area contributed by atoms with E-state index < -0.39 is 5.97 Å². The van der Waals surface area contributed by atoms with Crippen LogP contribution in [0.5, 0.6) is 0 Å². The molecule has 0 radical (unpaired) electrons. The highest BCUT2D eigenvalue weighted by Gasteiger charge is 2.03. The summed E-state index contributed by atoms with van der Waals surface area (Å²) in [6.45, 7) is 4.50. The van der Waals surface area contributed by atoms with Gasteiger partial charge in [0.25, 0.3) is 0 Å². The summed E-state index contributed by atoms with van der Waals surface area (Å²) in [5.74, 6) is -0.00357. The van der Waals surface area contributed by atoms with Crippen molar-refractivity contribution < 1.29 is 9.90 Å². The van der Waals surface area contributed by atoms with Crippen LogP contribution in [0.15, 0.2) is 12.2 Å². The predicted molar refractivity (Wildman–Crippen MR) is 91.6 cm³/mol. The Bertz CT molecular complexity index is 258. The van der Waals surface area contributed by atoms with Crippen LogP contribution in [0.3, 0.4) is 0 Å². The molecule has 0 amide bonds. The summed E-state index contributed by atoms with van der Waals surface area (Å²) in [5, 5.41) is 8.59. The molecule has 1 N–H and O–H groups in total. The van der Waals surface area contributed by atoms with Crippen LogP contribution < -0.4 is 0 Å². The fourth-order valence-corrected chi connectivity index (χ4v) is 2.61. The molecule has 0 fully saturated rings. The molecule has 0 aliphatic heterocycles. The van der Waals surface area contributed by atoms with Gasteiger partial charge in [-0.2, -0.15) is 0 Å². The van der Waals surface area contributed by atoms with E-state index in [2.05, 4.69) is 26.0 Å². The van der Waals surface area contributed by atoms with Crippen molar-refractivity contribution in [3.05, 3.63) is 12.2 Å². The van der Waals surface area contributed by atoms with Crippen LogP contribution in [0.1, 0.15) is 97.3 Å². The lowest BCUT2D eigenvalue weighted by Crippen LogP contribution is -1.99. The third kappa shape index (κ3) is 17.2. The highest BCUT2D eigenvalue weighted by molar-refractivity contribution is 5.66. The van der Waals surface area contributed by atoms with E-state index in [0.717, 1.165) is 12.8 Å². The average molecular weight is 296 g/mol. The Morgan fingerprint density at radius 1 is 0.905 bits per heavy atom. The number of hydrogen-bond acceptors (Lipinski definition) is 1. The van der Waals surface area contributed by atoms with Crippen LogP contribution in [-0.2, 0) is 4.79 Å². The molecule has 0 aromatic heterocycles. The largest absolute Gasteiger partial charge is 0.481 e. The molecule has 0 aliphatic rings. The number of rotatable bonds is 15. The highest BCUT2D eigenvalue weighted by Crippen LogP contribution is 2.15. The van der Waals surface area contributed by atoms with E-state index in [9.17, 15) is 4.79 Å². The summed E-state index contributed by atoms with van der Waals surface area (Å²) >= 11 is 0. The molecule has 0 saturated heterocycles. The smallest absolute Gasteiger partial charge is 0.303 e. The van der Waals surface area contributed by atoms with Crippen molar-refractivity contribution in [1.82, 2.24) is 0 Å². The topological polar surface area (TPSA) is 37.3 Å². The first-order valence-electron chi connectivity index (χ1n) is 9.03. The fraction of sp³-hybridized carbons (Fsp3) is 0.842. The van der Waals surface area contributed by atoms with E-state index in [4.69, 9.17) is 5.11 Å². The standard InChI is InChI=1S/C19H36O2/c1-3-4-5-6-7-8-9-10-11-12-13-15-18(2)16-14-17-19(20)21/h10-11,18H,3-9,12-17H2,1-2H3,(H,20,21). The molecule has 0 aliphatic carbocycles. The normalized spacial score (nSPS) is 12.9. The summed E-state index contributed by atoms with van der Waals surface area (Å²) in [5.41, 5.74) is 0. The number of carboxylic acid groups (broad SMARTS) is 1. The monoisotopic (exact) mass is 296 g/mol. The van der Waals surface area contributed by atoms with Gasteiger partial charge >= 0.3 is 5.97 Å². The van der Waals surface area contributed by atoms with Gasteiger partial charge in [0, 0.05) is 6.42 Å². The molecule has 2 nitrogen and oxygen atoms in total. The molecule has 0 bridgehead atoms. The molecule has 0 saturated carbocycles. The first kappa shape index (κ1) is 20.2. The van der Waals surface area contributed by atoms with Crippen molar-refractivity contribution in [2.45, 2.75) is 97.3 Å². The minimum atomic E-state index is -0.667. The lowest BCUT2D eigenvalue weighted by atomic mass is 9.98. The van der Waals surface area contributed by atoms with E-state index in [1.165, 1.54) is 64.2 Å². The van der Waals surface area contributed by atoms with E-state index in [-0.39, 0.29) is 0 Å². The van der Waals surface area contributed by atoms with Crippen LogP contribution in [0.2, 0.25) is 0 Å². The fourth-order valence-electron chi connectivity index (χ4n) is 2.61. The first-order valence-corrected chi connectivity index (χ1v) is 9.03. The molecule has 0 rings (SSSR count). The summed E-state index contributed by atoms with van der Waals surface area (Å²) in [6.07, 6.45) is 20.0. The summed E-state index contributed by atoms with van der Waals surface area (Å²) in [7, 11) is 0. The van der Waals surface area contributed by atoms with Gasteiger partial charge in [-0.1, -0.05) is 70.9 Å². The molecule has 0 aromatic rings. The summed E-state index contributed by atoms with van der Waals surface area (Å²) in [6, 6.07) is 0. The van der Waals surface area contributed by atoms with E-state index in [1.807, 2.05) is 0 Å². The number of allylic oxidation sites excluding steroid dienone is 2. The Morgan fingerprint density at radius 2 is 1.48 bits per heavy atom. The van der Waals surface area contributed by atoms with Crippen LogP contribution >= 0.6 is 0 Å². The Labute approximate surface area is 132 Å². The maximum Gasteiger partial charge on any atom is 0.303 e. The molecule has 21 heavy (non-hydrogen) atoms. The van der Waals surface area contributed by atoms with Gasteiger partial charge in [0.2, 0.25) is 0 Å². The van der Waals surface area contributed by atoms with Crippen molar-refractivity contribution in [2.24, 2.45) is 5.92 Å². The Kier molecular flexibility index (Phi) is 15.0. The maximum absolute atomic E-state index is 10.4.